The third kappa shape index (κ3) is 3.96. The Morgan fingerprint density at radius 1 is 0.889 bits per heavy atom. The molecule has 0 aliphatic carbocycles. The zero-order valence-electron chi connectivity index (χ0n) is 15.7. The van der Waals surface area contributed by atoms with Crippen LogP contribution in [-0.2, 0) is 6.54 Å². The predicted molar refractivity (Wildman–Crippen MR) is 111 cm³/mol. The van der Waals surface area contributed by atoms with Crippen molar-refractivity contribution in [3.63, 3.8) is 0 Å². The van der Waals surface area contributed by atoms with Gasteiger partial charge >= 0.3 is 0 Å². The second kappa shape index (κ2) is 7.80. The van der Waals surface area contributed by atoms with Crippen molar-refractivity contribution in [2.45, 2.75) is 13.5 Å². The Morgan fingerprint density at radius 2 is 1.59 bits per heavy atom. The molecule has 0 saturated carbocycles. The van der Waals surface area contributed by atoms with E-state index in [1.54, 1.807) is 6.07 Å². The van der Waals surface area contributed by atoms with Gasteiger partial charge in [-0.15, -0.1) is 0 Å². The summed E-state index contributed by atoms with van der Waals surface area (Å²) >= 11 is 0. The maximum Gasteiger partial charge on any atom is 0.124 e. The molecule has 0 spiro atoms. The lowest BCUT2D eigenvalue weighted by molar-refractivity contribution is 0.131. The second-order valence-corrected chi connectivity index (χ2v) is 7.07. The van der Waals surface area contributed by atoms with E-state index in [2.05, 4.69) is 52.4 Å². The van der Waals surface area contributed by atoms with Gasteiger partial charge in [0.2, 0.25) is 0 Å². The molecule has 0 bridgehead atoms. The Morgan fingerprint density at radius 3 is 2.41 bits per heavy atom. The van der Waals surface area contributed by atoms with Crippen molar-refractivity contribution in [1.29, 1.82) is 0 Å². The summed E-state index contributed by atoms with van der Waals surface area (Å²) in [5.41, 5.74) is 3.04. The van der Waals surface area contributed by atoms with Crippen molar-refractivity contribution >= 4 is 16.5 Å². The van der Waals surface area contributed by atoms with E-state index in [0.717, 1.165) is 44.0 Å². The average molecular weight is 359 g/mol. The Balaban J connectivity index is 1.40. The Labute approximate surface area is 160 Å². The first kappa shape index (κ1) is 17.6. The van der Waals surface area contributed by atoms with Crippen molar-refractivity contribution < 1.29 is 5.11 Å². The predicted octanol–water partition coefficient (Wildman–Crippen LogP) is 4.09. The van der Waals surface area contributed by atoms with Gasteiger partial charge in [-0.2, -0.15) is 5.10 Å². The van der Waals surface area contributed by atoms with Crippen molar-refractivity contribution in [2.24, 2.45) is 5.10 Å². The van der Waals surface area contributed by atoms with Crippen molar-refractivity contribution in [3.05, 3.63) is 77.9 Å². The molecule has 4 rings (SSSR count). The van der Waals surface area contributed by atoms with E-state index in [4.69, 9.17) is 5.10 Å². The Hall–Kier alpha value is -2.85. The Bertz CT molecular complexity index is 953. The van der Waals surface area contributed by atoms with Gasteiger partial charge in [0, 0.05) is 38.3 Å². The lowest BCUT2D eigenvalue weighted by Gasteiger charge is -2.33. The van der Waals surface area contributed by atoms with Gasteiger partial charge < -0.3 is 5.11 Å². The molecule has 0 radical (unpaired) electrons. The number of fused-ring (bicyclic) bond motifs is 1. The van der Waals surface area contributed by atoms with Crippen molar-refractivity contribution in [3.8, 4) is 5.75 Å². The quantitative estimate of drug-likeness (QED) is 0.713. The molecule has 0 atom stereocenters. The fraction of sp³-hybridized carbons (Fsp3) is 0.261. The third-order valence-electron chi connectivity index (χ3n) is 5.21. The van der Waals surface area contributed by atoms with Gasteiger partial charge in [-0.1, -0.05) is 54.6 Å². The van der Waals surface area contributed by atoms with Crippen LogP contribution >= 0.6 is 0 Å². The van der Waals surface area contributed by atoms with E-state index in [1.165, 1.54) is 16.3 Å². The molecule has 1 N–H and O–H groups in total. The molecule has 4 heteroatoms. The van der Waals surface area contributed by atoms with Gasteiger partial charge in [-0.25, -0.2) is 0 Å². The number of piperazine rings is 1. The minimum atomic E-state index is 0.286. The van der Waals surface area contributed by atoms with Crippen LogP contribution in [0.1, 0.15) is 18.1 Å². The van der Waals surface area contributed by atoms with Crippen LogP contribution in [0.15, 0.2) is 71.8 Å². The summed E-state index contributed by atoms with van der Waals surface area (Å²) in [7, 11) is 0. The number of nitrogens with zero attached hydrogens (tertiary/aromatic N) is 3. The second-order valence-electron chi connectivity index (χ2n) is 7.07. The number of benzene rings is 3. The zero-order chi connectivity index (χ0) is 18.6. The number of phenols is 1. The van der Waals surface area contributed by atoms with Gasteiger partial charge in [0.25, 0.3) is 0 Å². The van der Waals surface area contributed by atoms with Gasteiger partial charge in [0.1, 0.15) is 5.75 Å². The number of phenolic OH excluding ortho intramolecular Hbond substituents is 1. The molecule has 138 valence electrons. The van der Waals surface area contributed by atoms with E-state index in [-0.39, 0.29) is 5.75 Å². The fourth-order valence-electron chi connectivity index (χ4n) is 3.71. The normalized spacial score (nSPS) is 16.0. The third-order valence-corrected chi connectivity index (χ3v) is 5.21. The minimum absolute atomic E-state index is 0.286. The van der Waals surface area contributed by atoms with Crippen LogP contribution in [0.3, 0.4) is 0 Å². The van der Waals surface area contributed by atoms with Gasteiger partial charge in [-0.3, -0.25) is 9.91 Å². The van der Waals surface area contributed by atoms with Crippen molar-refractivity contribution in [1.82, 2.24) is 9.91 Å². The van der Waals surface area contributed by atoms with Gasteiger partial charge in [-0.05, 0) is 35.4 Å². The van der Waals surface area contributed by atoms with E-state index in [1.807, 2.05) is 25.1 Å². The van der Waals surface area contributed by atoms with Crippen LogP contribution in [0.4, 0.5) is 0 Å². The lowest BCUT2D eigenvalue weighted by Crippen LogP contribution is -2.43. The maximum atomic E-state index is 10.00. The highest BCUT2D eigenvalue weighted by atomic mass is 16.3. The van der Waals surface area contributed by atoms with Gasteiger partial charge in [0.05, 0.1) is 5.71 Å². The first-order valence-corrected chi connectivity index (χ1v) is 9.48. The number of aromatic hydroxyl groups is 1. The Kier molecular flexibility index (Phi) is 5.07. The van der Waals surface area contributed by atoms with E-state index in [9.17, 15) is 5.11 Å². The van der Waals surface area contributed by atoms with E-state index >= 15 is 0 Å². The van der Waals surface area contributed by atoms with E-state index < -0.39 is 0 Å². The first-order chi connectivity index (χ1) is 13.2. The summed E-state index contributed by atoms with van der Waals surface area (Å²) in [6, 6.07) is 22.5. The zero-order valence-corrected chi connectivity index (χ0v) is 15.7. The van der Waals surface area contributed by atoms with Crippen LogP contribution < -0.4 is 0 Å². The SMILES string of the molecule is CC(=NN1CCN(Cc2cccc3ccccc23)CC1)c1ccccc1O. The van der Waals surface area contributed by atoms with Crippen LogP contribution in [0, 0.1) is 0 Å². The highest BCUT2D eigenvalue weighted by Gasteiger charge is 2.17. The number of hydrazone groups is 1. The topological polar surface area (TPSA) is 39.1 Å². The summed E-state index contributed by atoms with van der Waals surface area (Å²) < 4.78 is 0. The highest BCUT2D eigenvalue weighted by Crippen LogP contribution is 2.21. The first-order valence-electron chi connectivity index (χ1n) is 9.48. The molecule has 1 fully saturated rings. The largest absolute Gasteiger partial charge is 0.507 e. The molecular formula is C23H25N3O. The molecule has 0 amide bonds. The molecule has 1 aliphatic heterocycles. The smallest absolute Gasteiger partial charge is 0.124 e. The molecule has 3 aromatic carbocycles. The van der Waals surface area contributed by atoms with E-state index in [0.29, 0.717) is 0 Å². The summed E-state index contributed by atoms with van der Waals surface area (Å²) in [6.07, 6.45) is 0. The average Bonchev–Trinajstić information content (AvgIpc) is 2.70. The van der Waals surface area contributed by atoms with Crippen LogP contribution in [0.2, 0.25) is 0 Å². The summed E-state index contributed by atoms with van der Waals surface area (Å²) in [5, 5.41) is 19.5. The molecule has 27 heavy (non-hydrogen) atoms. The van der Waals surface area contributed by atoms with Crippen LogP contribution in [0.5, 0.6) is 5.75 Å². The van der Waals surface area contributed by atoms with Gasteiger partial charge in [0.15, 0.2) is 0 Å². The maximum absolute atomic E-state index is 10.00. The van der Waals surface area contributed by atoms with Crippen LogP contribution in [0.25, 0.3) is 10.8 Å². The molecule has 3 aromatic rings. The minimum Gasteiger partial charge on any atom is -0.507 e. The molecule has 0 unspecified atom stereocenters. The number of hydrogen-bond donors (Lipinski definition) is 1. The number of para-hydroxylation sites is 1. The molecule has 1 aliphatic rings. The molecule has 1 heterocycles. The molecule has 1 saturated heterocycles. The molecule has 0 aromatic heterocycles. The standard InChI is InChI=1S/C23H25N3O/c1-18(21-10-4-5-12-23(21)27)24-26-15-13-25(14-16-26)17-20-9-6-8-19-7-2-3-11-22(19)20/h2-12,27H,13-17H2,1H3. The summed E-state index contributed by atoms with van der Waals surface area (Å²) in [5.74, 6) is 0.286. The summed E-state index contributed by atoms with van der Waals surface area (Å²) in [6.45, 7) is 6.70. The number of hydrogen-bond acceptors (Lipinski definition) is 4. The lowest BCUT2D eigenvalue weighted by atomic mass is 10.0. The van der Waals surface area contributed by atoms with Crippen LogP contribution in [-0.4, -0.2) is 46.9 Å². The van der Waals surface area contributed by atoms with Crippen molar-refractivity contribution in [2.75, 3.05) is 26.2 Å². The molecular weight excluding hydrogens is 334 g/mol. The fourth-order valence-corrected chi connectivity index (χ4v) is 3.71. The highest BCUT2D eigenvalue weighted by molar-refractivity contribution is 6.00. The number of rotatable bonds is 4. The molecule has 4 nitrogen and oxygen atoms in total. The summed E-state index contributed by atoms with van der Waals surface area (Å²) in [4.78, 5) is 2.49. The monoisotopic (exact) mass is 359 g/mol.